The van der Waals surface area contributed by atoms with Gasteiger partial charge in [0, 0.05) is 38.7 Å². The van der Waals surface area contributed by atoms with Crippen molar-refractivity contribution in [2.45, 2.75) is 27.2 Å². The van der Waals surface area contributed by atoms with E-state index in [2.05, 4.69) is 67.8 Å². The second-order valence-corrected chi connectivity index (χ2v) is 7.14. The second-order valence-electron chi connectivity index (χ2n) is 7.14. The van der Waals surface area contributed by atoms with Crippen LogP contribution in [0.15, 0.2) is 55.1 Å². The van der Waals surface area contributed by atoms with Gasteiger partial charge in [0.05, 0.1) is 5.69 Å². The molecule has 4 heteroatoms. The molecule has 0 radical (unpaired) electrons. The van der Waals surface area contributed by atoms with Gasteiger partial charge in [0.2, 0.25) is 5.91 Å². The quantitative estimate of drug-likeness (QED) is 0.734. The molecule has 1 saturated heterocycles. The zero-order valence-electron chi connectivity index (χ0n) is 17.1. The van der Waals surface area contributed by atoms with Gasteiger partial charge in [0.15, 0.2) is 0 Å². The van der Waals surface area contributed by atoms with E-state index in [9.17, 15) is 4.79 Å². The van der Waals surface area contributed by atoms with Crippen LogP contribution in [0.1, 0.15) is 36.2 Å². The average molecular weight is 376 g/mol. The van der Waals surface area contributed by atoms with E-state index in [1.807, 2.05) is 11.0 Å². The lowest BCUT2D eigenvalue weighted by atomic mass is 9.92. The molecule has 1 aromatic heterocycles. The van der Waals surface area contributed by atoms with Gasteiger partial charge in [-0.2, -0.15) is 0 Å². The lowest BCUT2D eigenvalue weighted by Crippen LogP contribution is -2.48. The number of aromatic nitrogens is 1. The molecule has 0 spiro atoms. The van der Waals surface area contributed by atoms with Crippen molar-refractivity contribution in [3.8, 4) is 0 Å². The minimum atomic E-state index is 0.148. The molecule has 28 heavy (non-hydrogen) atoms. The number of aryl methyl sites for hydroxylation is 2. The standard InChI is InChI=1S/C24H29N3O/c1-5-9-21(20-11-8-7-10-18(20)3)22-12-13-24(25-23(22)6-2)27-16-14-26(15-17-27)19(4)28/h5,7-13H,1,6,14-17H2,2-4H3/b21-9-. The molecule has 4 nitrogen and oxygen atoms in total. The molecule has 1 aromatic carbocycles. The number of nitrogens with zero attached hydrogens (tertiary/aromatic N) is 3. The van der Waals surface area contributed by atoms with Crippen LogP contribution in [0.25, 0.3) is 5.57 Å². The highest BCUT2D eigenvalue weighted by Gasteiger charge is 2.21. The number of hydrogen-bond donors (Lipinski definition) is 0. The van der Waals surface area contributed by atoms with Crippen molar-refractivity contribution in [2.24, 2.45) is 0 Å². The summed E-state index contributed by atoms with van der Waals surface area (Å²) in [6, 6.07) is 12.7. The fourth-order valence-electron chi connectivity index (χ4n) is 3.75. The minimum absolute atomic E-state index is 0.148. The molecule has 1 aliphatic heterocycles. The van der Waals surface area contributed by atoms with Crippen LogP contribution in [0.5, 0.6) is 0 Å². The van der Waals surface area contributed by atoms with Gasteiger partial charge in [-0.3, -0.25) is 4.79 Å². The molecule has 0 unspecified atom stereocenters. The van der Waals surface area contributed by atoms with Crippen molar-refractivity contribution in [1.82, 2.24) is 9.88 Å². The normalized spacial score (nSPS) is 14.9. The summed E-state index contributed by atoms with van der Waals surface area (Å²) in [7, 11) is 0. The summed E-state index contributed by atoms with van der Waals surface area (Å²) in [5.41, 5.74) is 5.85. The van der Waals surface area contributed by atoms with Gasteiger partial charge in [-0.15, -0.1) is 0 Å². The largest absolute Gasteiger partial charge is 0.353 e. The summed E-state index contributed by atoms with van der Waals surface area (Å²) in [5, 5.41) is 0. The van der Waals surface area contributed by atoms with Gasteiger partial charge in [0.1, 0.15) is 5.82 Å². The fourth-order valence-corrected chi connectivity index (χ4v) is 3.75. The number of anilines is 1. The van der Waals surface area contributed by atoms with E-state index in [0.29, 0.717) is 0 Å². The monoisotopic (exact) mass is 375 g/mol. The fraction of sp³-hybridized carbons (Fsp3) is 0.333. The minimum Gasteiger partial charge on any atom is -0.353 e. The lowest BCUT2D eigenvalue weighted by Gasteiger charge is -2.35. The predicted octanol–water partition coefficient (Wildman–Crippen LogP) is 4.24. The molecule has 2 aromatic rings. The first-order valence-corrected chi connectivity index (χ1v) is 9.94. The first-order chi connectivity index (χ1) is 13.5. The SMILES string of the molecule is C=C/C=C(/c1ccccc1C)c1ccc(N2CCN(C(C)=O)CC2)nc1CC. The highest BCUT2D eigenvalue weighted by Crippen LogP contribution is 2.30. The Morgan fingerprint density at radius 2 is 1.82 bits per heavy atom. The van der Waals surface area contributed by atoms with Crippen molar-refractivity contribution in [3.05, 3.63) is 77.5 Å². The van der Waals surface area contributed by atoms with Gasteiger partial charge in [0.25, 0.3) is 0 Å². The van der Waals surface area contributed by atoms with E-state index >= 15 is 0 Å². The van der Waals surface area contributed by atoms with Crippen LogP contribution in [-0.4, -0.2) is 42.0 Å². The Balaban J connectivity index is 1.93. The van der Waals surface area contributed by atoms with E-state index in [1.165, 1.54) is 11.1 Å². The molecular formula is C24H29N3O. The zero-order chi connectivity index (χ0) is 20.1. The molecule has 146 valence electrons. The summed E-state index contributed by atoms with van der Waals surface area (Å²) in [4.78, 5) is 20.7. The van der Waals surface area contributed by atoms with Gasteiger partial charge in [-0.1, -0.05) is 49.9 Å². The molecule has 1 aliphatic rings. The number of carbonyl (C=O) groups excluding carboxylic acids is 1. The second kappa shape index (κ2) is 8.87. The maximum absolute atomic E-state index is 11.6. The molecule has 1 amide bonds. The number of pyridine rings is 1. The summed E-state index contributed by atoms with van der Waals surface area (Å²) in [5.74, 6) is 1.14. The number of benzene rings is 1. The first kappa shape index (κ1) is 19.9. The Morgan fingerprint density at radius 3 is 2.43 bits per heavy atom. The third kappa shape index (κ3) is 4.16. The molecular weight excluding hydrogens is 346 g/mol. The van der Waals surface area contributed by atoms with Crippen LogP contribution in [0.2, 0.25) is 0 Å². The maximum atomic E-state index is 11.6. The molecule has 0 saturated carbocycles. The van der Waals surface area contributed by atoms with Crippen molar-refractivity contribution in [2.75, 3.05) is 31.1 Å². The van der Waals surface area contributed by atoms with Crippen LogP contribution in [0.4, 0.5) is 5.82 Å². The van der Waals surface area contributed by atoms with Crippen molar-refractivity contribution >= 4 is 17.3 Å². The summed E-state index contributed by atoms with van der Waals surface area (Å²) in [6.07, 6.45) is 4.77. The molecule has 3 rings (SSSR count). The van der Waals surface area contributed by atoms with Gasteiger partial charge >= 0.3 is 0 Å². The smallest absolute Gasteiger partial charge is 0.219 e. The summed E-state index contributed by atoms with van der Waals surface area (Å²) < 4.78 is 0. The molecule has 0 aliphatic carbocycles. The molecule has 1 fully saturated rings. The van der Waals surface area contributed by atoms with Crippen molar-refractivity contribution in [1.29, 1.82) is 0 Å². The number of carbonyl (C=O) groups is 1. The Kier molecular flexibility index (Phi) is 6.30. The highest BCUT2D eigenvalue weighted by atomic mass is 16.2. The number of rotatable bonds is 5. The third-order valence-corrected chi connectivity index (χ3v) is 5.35. The number of hydrogen-bond acceptors (Lipinski definition) is 3. The highest BCUT2D eigenvalue weighted by molar-refractivity contribution is 5.83. The van der Waals surface area contributed by atoms with Gasteiger partial charge < -0.3 is 9.80 Å². The van der Waals surface area contributed by atoms with Crippen LogP contribution < -0.4 is 4.90 Å². The summed E-state index contributed by atoms with van der Waals surface area (Å²) >= 11 is 0. The van der Waals surface area contributed by atoms with E-state index in [1.54, 1.807) is 6.92 Å². The Bertz CT molecular complexity index is 892. The lowest BCUT2D eigenvalue weighted by molar-refractivity contribution is -0.129. The average Bonchev–Trinajstić information content (AvgIpc) is 2.72. The van der Waals surface area contributed by atoms with Crippen molar-refractivity contribution in [3.63, 3.8) is 0 Å². The number of piperazine rings is 1. The molecule has 0 N–H and O–H groups in total. The molecule has 0 bridgehead atoms. The van der Waals surface area contributed by atoms with Gasteiger partial charge in [-0.05, 0) is 42.2 Å². The van der Waals surface area contributed by atoms with Crippen LogP contribution in [0.3, 0.4) is 0 Å². The molecule has 0 atom stereocenters. The van der Waals surface area contributed by atoms with E-state index in [0.717, 1.165) is 55.2 Å². The van der Waals surface area contributed by atoms with Crippen LogP contribution in [-0.2, 0) is 11.2 Å². The Morgan fingerprint density at radius 1 is 1.11 bits per heavy atom. The van der Waals surface area contributed by atoms with Crippen LogP contribution in [0, 0.1) is 6.92 Å². The Hall–Kier alpha value is -2.88. The Labute approximate surface area is 168 Å². The predicted molar refractivity (Wildman–Crippen MR) is 117 cm³/mol. The maximum Gasteiger partial charge on any atom is 0.219 e. The topological polar surface area (TPSA) is 36.4 Å². The van der Waals surface area contributed by atoms with E-state index < -0.39 is 0 Å². The number of amides is 1. The van der Waals surface area contributed by atoms with E-state index in [4.69, 9.17) is 4.98 Å². The third-order valence-electron chi connectivity index (χ3n) is 5.35. The van der Waals surface area contributed by atoms with E-state index in [-0.39, 0.29) is 5.91 Å². The van der Waals surface area contributed by atoms with Gasteiger partial charge in [-0.25, -0.2) is 4.98 Å². The first-order valence-electron chi connectivity index (χ1n) is 9.94. The zero-order valence-corrected chi connectivity index (χ0v) is 17.1. The van der Waals surface area contributed by atoms with Crippen LogP contribution >= 0.6 is 0 Å². The molecule has 2 heterocycles. The van der Waals surface area contributed by atoms with Crippen molar-refractivity contribution < 1.29 is 4.79 Å². The number of allylic oxidation sites excluding steroid dienone is 2. The summed E-state index contributed by atoms with van der Waals surface area (Å²) in [6.45, 7) is 13.0.